The standard InChI is InChI=1S/C30H34N2O4/c1-19(2)18-36-25-14-13-22(17-20(25)3)28(33)26-27(32(16-15-31(4)5)30(35)29(26)34)24-12-8-10-21-9-6-7-11-23(21)24/h6-14,17,19,27,33H,15-16,18H2,1-5H3/b28-26-. The molecule has 0 aromatic heterocycles. The fraction of sp³-hybridized carbons (Fsp3) is 0.333. The molecule has 1 aliphatic rings. The number of ether oxygens (including phenoxy) is 1. The highest BCUT2D eigenvalue weighted by Crippen LogP contribution is 2.42. The highest BCUT2D eigenvalue weighted by atomic mass is 16.5. The van der Waals surface area contributed by atoms with Crippen molar-refractivity contribution in [3.05, 3.63) is 82.9 Å². The van der Waals surface area contributed by atoms with E-state index in [1.54, 1.807) is 17.0 Å². The fourth-order valence-corrected chi connectivity index (χ4v) is 4.60. The third-order valence-corrected chi connectivity index (χ3v) is 6.47. The quantitative estimate of drug-likeness (QED) is 0.270. The minimum atomic E-state index is -0.687. The molecule has 36 heavy (non-hydrogen) atoms. The molecule has 4 rings (SSSR count). The summed E-state index contributed by atoms with van der Waals surface area (Å²) in [5, 5.41) is 13.4. The van der Waals surface area contributed by atoms with Crippen LogP contribution in [0.5, 0.6) is 5.75 Å². The topological polar surface area (TPSA) is 70.1 Å². The third kappa shape index (κ3) is 5.00. The Morgan fingerprint density at radius 3 is 2.47 bits per heavy atom. The highest BCUT2D eigenvalue weighted by Gasteiger charge is 2.46. The zero-order valence-corrected chi connectivity index (χ0v) is 21.6. The maximum atomic E-state index is 13.4. The van der Waals surface area contributed by atoms with Gasteiger partial charge in [-0.3, -0.25) is 9.59 Å². The lowest BCUT2D eigenvalue weighted by Gasteiger charge is -2.27. The fourth-order valence-electron chi connectivity index (χ4n) is 4.60. The first-order valence-corrected chi connectivity index (χ1v) is 12.3. The first kappa shape index (κ1) is 25.5. The van der Waals surface area contributed by atoms with Gasteiger partial charge in [-0.2, -0.15) is 0 Å². The Kier molecular flexibility index (Phi) is 7.45. The second-order valence-electron chi connectivity index (χ2n) is 10.0. The number of benzene rings is 3. The number of hydrogen-bond acceptors (Lipinski definition) is 5. The van der Waals surface area contributed by atoms with Gasteiger partial charge in [0.2, 0.25) is 0 Å². The molecule has 1 aliphatic heterocycles. The predicted octanol–water partition coefficient (Wildman–Crippen LogP) is 5.17. The van der Waals surface area contributed by atoms with Crippen LogP contribution in [-0.4, -0.2) is 60.4 Å². The average Bonchev–Trinajstić information content (AvgIpc) is 3.10. The van der Waals surface area contributed by atoms with E-state index >= 15 is 0 Å². The number of fused-ring (bicyclic) bond motifs is 1. The number of hydrogen-bond donors (Lipinski definition) is 1. The molecule has 1 fully saturated rings. The van der Waals surface area contributed by atoms with Crippen molar-refractivity contribution in [2.24, 2.45) is 5.92 Å². The van der Waals surface area contributed by atoms with Crippen LogP contribution in [0.3, 0.4) is 0 Å². The third-order valence-electron chi connectivity index (χ3n) is 6.47. The lowest BCUT2D eigenvalue weighted by atomic mass is 9.91. The summed E-state index contributed by atoms with van der Waals surface area (Å²) in [6.07, 6.45) is 0. The summed E-state index contributed by atoms with van der Waals surface area (Å²) in [5.41, 5.74) is 2.27. The molecule has 0 radical (unpaired) electrons. The van der Waals surface area contributed by atoms with E-state index in [2.05, 4.69) is 13.8 Å². The molecule has 3 aromatic carbocycles. The van der Waals surface area contributed by atoms with Crippen molar-refractivity contribution in [1.29, 1.82) is 0 Å². The zero-order chi connectivity index (χ0) is 26.0. The molecule has 0 bridgehead atoms. The molecule has 1 N–H and O–H groups in total. The van der Waals surface area contributed by atoms with E-state index < -0.39 is 17.7 Å². The van der Waals surface area contributed by atoms with Crippen LogP contribution in [0.15, 0.2) is 66.2 Å². The molecule has 6 nitrogen and oxygen atoms in total. The van der Waals surface area contributed by atoms with E-state index in [4.69, 9.17) is 4.74 Å². The Balaban J connectivity index is 1.85. The number of rotatable bonds is 8. The van der Waals surface area contributed by atoms with E-state index in [0.717, 1.165) is 27.6 Å². The number of likely N-dealkylation sites (tertiary alicyclic amines) is 1. The van der Waals surface area contributed by atoms with Gasteiger partial charge in [0.1, 0.15) is 11.5 Å². The Hall–Kier alpha value is -3.64. The number of carbonyl (C=O) groups excluding carboxylic acids is 2. The van der Waals surface area contributed by atoms with Crippen molar-refractivity contribution in [1.82, 2.24) is 9.80 Å². The van der Waals surface area contributed by atoms with Crippen LogP contribution in [0.1, 0.15) is 36.6 Å². The van der Waals surface area contributed by atoms with Crippen molar-refractivity contribution in [2.45, 2.75) is 26.8 Å². The van der Waals surface area contributed by atoms with Gasteiger partial charge in [0.15, 0.2) is 0 Å². The average molecular weight is 487 g/mol. The van der Waals surface area contributed by atoms with Crippen LogP contribution in [0, 0.1) is 12.8 Å². The van der Waals surface area contributed by atoms with Crippen LogP contribution in [0.2, 0.25) is 0 Å². The minimum absolute atomic E-state index is 0.116. The Morgan fingerprint density at radius 1 is 1.06 bits per heavy atom. The SMILES string of the molecule is Cc1cc(/C(O)=C2/C(=O)C(=O)N(CCN(C)C)C2c2cccc3ccccc23)ccc1OCC(C)C. The van der Waals surface area contributed by atoms with Gasteiger partial charge in [-0.15, -0.1) is 0 Å². The summed E-state index contributed by atoms with van der Waals surface area (Å²) in [5.74, 6) is -0.308. The van der Waals surface area contributed by atoms with Crippen molar-refractivity contribution < 1.29 is 19.4 Å². The number of nitrogens with zero attached hydrogens (tertiary/aromatic N) is 2. The number of Topliss-reactive ketones (excluding diaryl/α,β-unsaturated/α-hetero) is 1. The molecular formula is C30H34N2O4. The van der Waals surface area contributed by atoms with E-state index in [0.29, 0.717) is 31.2 Å². The molecule has 3 aromatic rings. The summed E-state index contributed by atoms with van der Waals surface area (Å²) < 4.78 is 5.88. The normalized spacial score (nSPS) is 17.5. The first-order chi connectivity index (χ1) is 17.2. The Bertz CT molecular complexity index is 1320. The maximum absolute atomic E-state index is 13.4. The van der Waals surface area contributed by atoms with Gasteiger partial charge in [0.25, 0.3) is 11.7 Å². The molecule has 0 saturated carbocycles. The van der Waals surface area contributed by atoms with Crippen LogP contribution < -0.4 is 4.74 Å². The second-order valence-corrected chi connectivity index (χ2v) is 10.0. The molecule has 1 atom stereocenters. The number of aliphatic hydroxyl groups is 1. The largest absolute Gasteiger partial charge is 0.507 e. The summed E-state index contributed by atoms with van der Waals surface area (Å²) >= 11 is 0. The number of ketones is 1. The lowest BCUT2D eigenvalue weighted by Crippen LogP contribution is -2.35. The number of carbonyl (C=O) groups is 2. The number of aliphatic hydroxyl groups excluding tert-OH is 1. The van der Waals surface area contributed by atoms with Gasteiger partial charge < -0.3 is 19.6 Å². The lowest BCUT2D eigenvalue weighted by molar-refractivity contribution is -0.140. The number of amides is 1. The van der Waals surface area contributed by atoms with Crippen LogP contribution in [-0.2, 0) is 9.59 Å². The molecule has 1 unspecified atom stereocenters. The first-order valence-electron chi connectivity index (χ1n) is 12.3. The predicted molar refractivity (Wildman–Crippen MR) is 143 cm³/mol. The molecule has 1 saturated heterocycles. The summed E-state index contributed by atoms with van der Waals surface area (Å²) in [6.45, 7) is 7.61. The maximum Gasteiger partial charge on any atom is 0.295 e. The van der Waals surface area contributed by atoms with Crippen molar-refractivity contribution in [3.63, 3.8) is 0 Å². The Morgan fingerprint density at radius 2 is 1.78 bits per heavy atom. The molecular weight excluding hydrogens is 452 g/mol. The van der Waals surface area contributed by atoms with Crippen LogP contribution >= 0.6 is 0 Å². The van der Waals surface area contributed by atoms with E-state index in [1.807, 2.05) is 74.4 Å². The summed E-state index contributed by atoms with van der Waals surface area (Å²) in [6, 6.07) is 18.4. The highest BCUT2D eigenvalue weighted by molar-refractivity contribution is 6.46. The monoisotopic (exact) mass is 486 g/mol. The van der Waals surface area contributed by atoms with Gasteiger partial charge in [0, 0.05) is 18.7 Å². The van der Waals surface area contributed by atoms with Crippen molar-refractivity contribution in [2.75, 3.05) is 33.8 Å². The molecule has 6 heteroatoms. The van der Waals surface area contributed by atoms with Crippen LogP contribution in [0.4, 0.5) is 0 Å². The van der Waals surface area contributed by atoms with Gasteiger partial charge in [-0.05, 0) is 67.0 Å². The van der Waals surface area contributed by atoms with Gasteiger partial charge >= 0.3 is 0 Å². The summed E-state index contributed by atoms with van der Waals surface area (Å²) in [4.78, 5) is 30.2. The second kappa shape index (κ2) is 10.5. The zero-order valence-electron chi connectivity index (χ0n) is 21.6. The Labute approximate surface area is 212 Å². The van der Waals surface area contributed by atoms with Gasteiger partial charge in [-0.25, -0.2) is 0 Å². The van der Waals surface area contributed by atoms with E-state index in [9.17, 15) is 14.7 Å². The van der Waals surface area contributed by atoms with Gasteiger partial charge in [-0.1, -0.05) is 56.3 Å². The molecule has 0 aliphatic carbocycles. The van der Waals surface area contributed by atoms with Crippen LogP contribution in [0.25, 0.3) is 16.5 Å². The van der Waals surface area contributed by atoms with Crippen molar-refractivity contribution >= 4 is 28.2 Å². The molecule has 1 amide bonds. The minimum Gasteiger partial charge on any atom is -0.507 e. The number of aryl methyl sites for hydroxylation is 1. The summed E-state index contributed by atoms with van der Waals surface area (Å²) in [7, 11) is 3.85. The smallest absolute Gasteiger partial charge is 0.295 e. The van der Waals surface area contributed by atoms with Crippen molar-refractivity contribution in [3.8, 4) is 5.75 Å². The van der Waals surface area contributed by atoms with Gasteiger partial charge in [0.05, 0.1) is 18.2 Å². The number of likely N-dealkylation sites (N-methyl/N-ethyl adjacent to an activating group) is 1. The van der Waals surface area contributed by atoms with E-state index in [1.165, 1.54) is 0 Å². The molecule has 1 heterocycles. The van der Waals surface area contributed by atoms with E-state index in [-0.39, 0.29) is 11.3 Å². The molecule has 188 valence electrons. The molecule has 0 spiro atoms.